The van der Waals surface area contributed by atoms with Crippen LogP contribution in [0.3, 0.4) is 0 Å². The third-order valence-electron chi connectivity index (χ3n) is 5.28. The van der Waals surface area contributed by atoms with Gasteiger partial charge >= 0.3 is 0 Å². The molecule has 0 spiro atoms. The molecule has 4 rings (SSSR count). The predicted octanol–water partition coefficient (Wildman–Crippen LogP) is 1.18. The van der Waals surface area contributed by atoms with Gasteiger partial charge in [0.15, 0.2) is 0 Å². The van der Waals surface area contributed by atoms with Gasteiger partial charge in [0.25, 0.3) is 5.56 Å². The highest BCUT2D eigenvalue weighted by Crippen LogP contribution is 2.35. The van der Waals surface area contributed by atoms with Crippen LogP contribution in [0.4, 0.5) is 5.69 Å². The van der Waals surface area contributed by atoms with Gasteiger partial charge in [0, 0.05) is 61.4 Å². The highest BCUT2D eigenvalue weighted by Gasteiger charge is 2.30. The van der Waals surface area contributed by atoms with Crippen molar-refractivity contribution in [3.8, 4) is 0 Å². The smallest absolute Gasteiger partial charge is 0.255 e. The number of nitrogens with one attached hydrogen (secondary N) is 2. The molecule has 0 radical (unpaired) electrons. The van der Waals surface area contributed by atoms with Crippen molar-refractivity contribution < 1.29 is 0 Å². The minimum Gasteiger partial charge on any atom is -0.366 e. The van der Waals surface area contributed by atoms with Crippen molar-refractivity contribution in [2.45, 2.75) is 18.9 Å². The summed E-state index contributed by atoms with van der Waals surface area (Å²) in [5, 5.41) is 5.22. The minimum absolute atomic E-state index is 0.0227. The van der Waals surface area contributed by atoms with Crippen LogP contribution < -0.4 is 15.8 Å². The Balaban J connectivity index is 1.66. The van der Waals surface area contributed by atoms with E-state index in [9.17, 15) is 4.79 Å². The van der Waals surface area contributed by atoms with E-state index in [4.69, 9.17) is 0 Å². The number of pyridine rings is 1. The summed E-state index contributed by atoms with van der Waals surface area (Å²) in [4.78, 5) is 20.1. The molecule has 2 aromatic rings. The maximum atomic E-state index is 12.1. The van der Waals surface area contributed by atoms with Crippen LogP contribution in [0.2, 0.25) is 0 Å². The quantitative estimate of drug-likeness (QED) is 0.890. The van der Waals surface area contributed by atoms with Crippen molar-refractivity contribution in [2.75, 3.05) is 44.7 Å². The zero-order valence-electron chi connectivity index (χ0n) is 13.6. The first-order valence-electron chi connectivity index (χ1n) is 8.55. The second-order valence-corrected chi connectivity index (χ2v) is 6.63. The van der Waals surface area contributed by atoms with Crippen LogP contribution in [0.25, 0.3) is 10.8 Å². The van der Waals surface area contributed by atoms with Gasteiger partial charge in [0.2, 0.25) is 0 Å². The van der Waals surface area contributed by atoms with E-state index in [1.54, 1.807) is 0 Å². The van der Waals surface area contributed by atoms with Gasteiger partial charge in [-0.25, -0.2) is 0 Å². The molecule has 0 amide bonds. The van der Waals surface area contributed by atoms with Crippen molar-refractivity contribution in [3.63, 3.8) is 0 Å². The summed E-state index contributed by atoms with van der Waals surface area (Å²) in [6, 6.07) is 6.70. The minimum atomic E-state index is 0.0227. The Hall–Kier alpha value is -1.85. The van der Waals surface area contributed by atoms with Gasteiger partial charge in [-0.15, -0.1) is 0 Å². The SMILES string of the molecule is CNCCN1CCC(N2CCc3c[nH]c(=O)c4cccc2c34)C1. The lowest BCUT2D eigenvalue weighted by molar-refractivity contribution is 0.333. The number of hydrogen-bond donors (Lipinski definition) is 2. The van der Waals surface area contributed by atoms with E-state index in [0.29, 0.717) is 6.04 Å². The second kappa shape index (κ2) is 5.98. The van der Waals surface area contributed by atoms with Crippen LogP contribution in [0.5, 0.6) is 0 Å². The van der Waals surface area contributed by atoms with Gasteiger partial charge in [0.1, 0.15) is 0 Å². The molecule has 2 N–H and O–H groups in total. The Kier molecular flexibility index (Phi) is 3.83. The summed E-state index contributed by atoms with van der Waals surface area (Å²) >= 11 is 0. The van der Waals surface area contributed by atoms with Crippen LogP contribution >= 0.6 is 0 Å². The van der Waals surface area contributed by atoms with E-state index in [0.717, 1.165) is 43.4 Å². The second-order valence-electron chi connectivity index (χ2n) is 6.63. The average molecular weight is 312 g/mol. The lowest BCUT2D eigenvalue weighted by atomic mass is 9.97. The molecule has 3 heterocycles. The summed E-state index contributed by atoms with van der Waals surface area (Å²) in [7, 11) is 2.01. The number of aromatic nitrogens is 1. The highest BCUT2D eigenvalue weighted by atomic mass is 16.1. The van der Waals surface area contributed by atoms with Crippen LogP contribution in [-0.2, 0) is 6.42 Å². The van der Waals surface area contributed by atoms with Crippen molar-refractivity contribution in [1.29, 1.82) is 0 Å². The third kappa shape index (κ3) is 2.54. The molecule has 23 heavy (non-hydrogen) atoms. The molecule has 1 aromatic heterocycles. The normalized spacial score (nSPS) is 21.3. The van der Waals surface area contributed by atoms with E-state index < -0.39 is 0 Å². The van der Waals surface area contributed by atoms with Gasteiger partial charge in [0.05, 0.1) is 0 Å². The van der Waals surface area contributed by atoms with E-state index in [2.05, 4.69) is 26.2 Å². The van der Waals surface area contributed by atoms with E-state index in [1.807, 2.05) is 25.4 Å². The number of benzene rings is 1. The predicted molar refractivity (Wildman–Crippen MR) is 94.4 cm³/mol. The van der Waals surface area contributed by atoms with E-state index >= 15 is 0 Å². The molecule has 1 aromatic carbocycles. The fourth-order valence-electron chi connectivity index (χ4n) is 4.09. The lowest BCUT2D eigenvalue weighted by Gasteiger charge is -2.36. The molecule has 5 nitrogen and oxygen atoms in total. The first kappa shape index (κ1) is 14.7. The zero-order valence-corrected chi connectivity index (χ0v) is 13.6. The number of rotatable bonds is 4. The maximum Gasteiger partial charge on any atom is 0.255 e. The highest BCUT2D eigenvalue weighted by molar-refractivity contribution is 5.97. The molecule has 1 saturated heterocycles. The van der Waals surface area contributed by atoms with E-state index in [1.165, 1.54) is 24.2 Å². The molecule has 1 atom stereocenters. The Morgan fingerprint density at radius 2 is 2.26 bits per heavy atom. The summed E-state index contributed by atoms with van der Waals surface area (Å²) in [5.41, 5.74) is 2.54. The molecule has 1 fully saturated rings. The average Bonchev–Trinajstić information content (AvgIpc) is 3.05. The molecule has 2 aliphatic rings. The van der Waals surface area contributed by atoms with Gasteiger partial charge in [-0.1, -0.05) is 6.07 Å². The molecule has 0 bridgehead atoms. The van der Waals surface area contributed by atoms with Crippen molar-refractivity contribution in [2.24, 2.45) is 0 Å². The van der Waals surface area contributed by atoms with E-state index in [-0.39, 0.29) is 5.56 Å². The van der Waals surface area contributed by atoms with Gasteiger partial charge < -0.3 is 15.2 Å². The third-order valence-corrected chi connectivity index (χ3v) is 5.28. The Labute approximate surface area is 136 Å². The number of likely N-dealkylation sites (tertiary alicyclic amines) is 1. The van der Waals surface area contributed by atoms with Crippen LogP contribution in [0.1, 0.15) is 12.0 Å². The first-order chi connectivity index (χ1) is 11.3. The monoisotopic (exact) mass is 312 g/mol. The van der Waals surface area contributed by atoms with Crippen molar-refractivity contribution >= 4 is 16.5 Å². The zero-order chi connectivity index (χ0) is 15.8. The number of H-pyrrole nitrogens is 1. The standard InChI is InChI=1S/C18H24N4O/c1-19-7-10-21-8-6-14(12-21)22-9-5-13-11-20-18(23)15-3-2-4-16(22)17(13)15/h2-4,11,14,19H,5-10,12H2,1H3,(H,20,23). The molecule has 5 heteroatoms. The number of aromatic amines is 1. The molecular weight excluding hydrogens is 288 g/mol. The largest absolute Gasteiger partial charge is 0.366 e. The number of hydrogen-bond acceptors (Lipinski definition) is 4. The molecular formula is C18H24N4O. The molecule has 0 aliphatic carbocycles. The summed E-state index contributed by atoms with van der Waals surface area (Å²) in [6.45, 7) is 5.49. The van der Waals surface area contributed by atoms with Gasteiger partial charge in [-0.3, -0.25) is 9.69 Å². The number of anilines is 1. The van der Waals surface area contributed by atoms with Crippen LogP contribution in [0, 0.1) is 0 Å². The van der Waals surface area contributed by atoms with Gasteiger partial charge in [-0.2, -0.15) is 0 Å². The number of likely N-dealkylation sites (N-methyl/N-ethyl adjacent to an activating group) is 1. The van der Waals surface area contributed by atoms with Crippen molar-refractivity contribution in [3.05, 3.63) is 40.3 Å². The Morgan fingerprint density at radius 3 is 3.13 bits per heavy atom. The molecule has 1 unspecified atom stereocenters. The van der Waals surface area contributed by atoms with Crippen LogP contribution in [0.15, 0.2) is 29.2 Å². The Bertz CT molecular complexity index is 769. The summed E-state index contributed by atoms with van der Waals surface area (Å²) < 4.78 is 0. The first-order valence-corrected chi connectivity index (χ1v) is 8.55. The van der Waals surface area contributed by atoms with Gasteiger partial charge in [-0.05, 0) is 37.6 Å². The topological polar surface area (TPSA) is 51.4 Å². The fraction of sp³-hybridized carbons (Fsp3) is 0.500. The van der Waals surface area contributed by atoms with Crippen molar-refractivity contribution in [1.82, 2.24) is 15.2 Å². The summed E-state index contributed by atoms with van der Waals surface area (Å²) in [5.74, 6) is 0. The Morgan fingerprint density at radius 1 is 1.35 bits per heavy atom. The lowest BCUT2D eigenvalue weighted by Crippen LogP contribution is -2.41. The fourth-order valence-corrected chi connectivity index (χ4v) is 4.09. The molecule has 2 aliphatic heterocycles. The molecule has 0 saturated carbocycles. The number of nitrogens with zero attached hydrogens (tertiary/aromatic N) is 2. The molecule has 122 valence electrons. The maximum absolute atomic E-state index is 12.1. The summed E-state index contributed by atoms with van der Waals surface area (Å²) in [6.07, 6.45) is 4.12. The van der Waals surface area contributed by atoms with Crippen LogP contribution in [-0.4, -0.2) is 55.7 Å².